The zero-order valence-corrected chi connectivity index (χ0v) is 17.3. The van der Waals surface area contributed by atoms with Crippen LogP contribution in [0.4, 0.5) is 0 Å². The molecule has 160 valence electrons. The lowest BCUT2D eigenvalue weighted by Gasteiger charge is -2.33. The van der Waals surface area contributed by atoms with Crippen molar-refractivity contribution in [3.8, 4) is 0 Å². The first-order valence-corrected chi connectivity index (χ1v) is 10.6. The van der Waals surface area contributed by atoms with Gasteiger partial charge in [0.15, 0.2) is 0 Å². The Balaban J connectivity index is 1.50. The van der Waals surface area contributed by atoms with Crippen LogP contribution in [0, 0.1) is 17.3 Å². The lowest BCUT2D eigenvalue weighted by atomic mass is 9.87. The normalized spacial score (nSPS) is 34.0. The summed E-state index contributed by atoms with van der Waals surface area (Å²) < 4.78 is 27.7. The molecule has 0 aromatic heterocycles. The summed E-state index contributed by atoms with van der Waals surface area (Å²) in [6, 6.07) is 0. The highest BCUT2D eigenvalue weighted by atomic mass is 16.6. The fourth-order valence-corrected chi connectivity index (χ4v) is 4.25. The number of ether oxygens (including phenoxy) is 5. The summed E-state index contributed by atoms with van der Waals surface area (Å²) in [5.74, 6) is -0.587. The summed E-state index contributed by atoms with van der Waals surface area (Å²) in [6.07, 6.45) is 5.24. The van der Waals surface area contributed by atoms with E-state index in [1.807, 2.05) is 13.8 Å². The zero-order valence-electron chi connectivity index (χ0n) is 17.3. The molecule has 28 heavy (non-hydrogen) atoms. The van der Waals surface area contributed by atoms with Crippen molar-refractivity contribution in [2.45, 2.75) is 70.7 Å². The van der Waals surface area contributed by atoms with Crippen molar-refractivity contribution in [2.24, 2.45) is 17.3 Å². The Morgan fingerprint density at radius 1 is 0.964 bits per heavy atom. The average Bonchev–Trinajstić information content (AvgIpc) is 3.48. The molecule has 3 aliphatic rings. The predicted molar refractivity (Wildman–Crippen MR) is 101 cm³/mol. The number of carbonyl (C=O) groups is 2. The number of hydrogen-bond acceptors (Lipinski definition) is 7. The third kappa shape index (κ3) is 5.45. The van der Waals surface area contributed by atoms with E-state index in [9.17, 15) is 9.59 Å². The van der Waals surface area contributed by atoms with Gasteiger partial charge in [-0.15, -0.1) is 0 Å². The first kappa shape index (κ1) is 21.5. The van der Waals surface area contributed by atoms with Crippen LogP contribution in [-0.2, 0) is 33.3 Å². The second-order valence-corrected chi connectivity index (χ2v) is 8.63. The molecular weight excluding hydrogens is 364 g/mol. The van der Waals surface area contributed by atoms with Gasteiger partial charge in [0.1, 0.15) is 13.2 Å². The molecular formula is C21H34O7. The van der Waals surface area contributed by atoms with Gasteiger partial charge in [-0.25, -0.2) is 0 Å². The van der Waals surface area contributed by atoms with E-state index >= 15 is 0 Å². The van der Waals surface area contributed by atoms with Crippen molar-refractivity contribution in [3.05, 3.63) is 0 Å². The number of fused-ring (bicyclic) bond motifs is 1. The number of methoxy groups -OCH3 is 1. The Hall–Kier alpha value is -1.18. The smallest absolute Gasteiger partial charge is 0.309 e. The van der Waals surface area contributed by atoms with Gasteiger partial charge in [-0.3, -0.25) is 9.59 Å². The molecule has 3 fully saturated rings. The van der Waals surface area contributed by atoms with Crippen molar-refractivity contribution < 1.29 is 33.3 Å². The Morgan fingerprint density at radius 2 is 1.64 bits per heavy atom. The van der Waals surface area contributed by atoms with Gasteiger partial charge in [0.25, 0.3) is 0 Å². The van der Waals surface area contributed by atoms with E-state index in [4.69, 9.17) is 23.7 Å². The minimum atomic E-state index is -0.524. The van der Waals surface area contributed by atoms with Crippen LogP contribution in [0.25, 0.3) is 0 Å². The molecule has 2 heterocycles. The number of carbonyl (C=O) groups excluding carboxylic acids is 2. The van der Waals surface area contributed by atoms with Crippen LogP contribution in [0.3, 0.4) is 0 Å². The van der Waals surface area contributed by atoms with Crippen LogP contribution in [0.1, 0.15) is 52.4 Å². The monoisotopic (exact) mass is 398 g/mol. The molecule has 2 saturated heterocycles. The van der Waals surface area contributed by atoms with E-state index < -0.39 is 5.41 Å². The zero-order chi connectivity index (χ0) is 20.1. The molecule has 0 radical (unpaired) electrons. The van der Waals surface area contributed by atoms with Crippen molar-refractivity contribution in [2.75, 3.05) is 33.5 Å². The second kappa shape index (κ2) is 9.55. The number of esters is 2. The van der Waals surface area contributed by atoms with Gasteiger partial charge in [0.05, 0.1) is 42.2 Å². The maximum absolute atomic E-state index is 12.5. The standard InChI is InChI=1S/C21H34O7/c1-4-21(11-24-3,13-27-20(23)16-7-8-25-14(2)9-16)12-26-19(22)15-5-6-17-18(10-15)28-17/h14-18H,4-13H2,1-3H3. The van der Waals surface area contributed by atoms with E-state index in [0.29, 0.717) is 38.6 Å². The van der Waals surface area contributed by atoms with Crippen LogP contribution in [0.2, 0.25) is 0 Å². The molecule has 1 aliphatic carbocycles. The largest absolute Gasteiger partial charge is 0.465 e. The maximum atomic E-state index is 12.5. The first-order chi connectivity index (χ1) is 13.5. The molecule has 6 unspecified atom stereocenters. The maximum Gasteiger partial charge on any atom is 0.309 e. The molecule has 7 heteroatoms. The van der Waals surface area contributed by atoms with Crippen molar-refractivity contribution in [3.63, 3.8) is 0 Å². The lowest BCUT2D eigenvalue weighted by Crippen LogP contribution is -2.40. The van der Waals surface area contributed by atoms with Gasteiger partial charge in [-0.2, -0.15) is 0 Å². The molecule has 0 aromatic carbocycles. The van der Waals surface area contributed by atoms with E-state index in [2.05, 4.69) is 0 Å². The third-order valence-corrected chi connectivity index (χ3v) is 6.40. The molecule has 0 bridgehead atoms. The summed E-state index contributed by atoms with van der Waals surface area (Å²) in [7, 11) is 1.61. The SMILES string of the molecule is CCC(COC)(COC(=O)C1CCOC(C)C1)COC(=O)C1CCC2OC2C1. The van der Waals surface area contributed by atoms with Gasteiger partial charge in [-0.05, 0) is 45.4 Å². The van der Waals surface area contributed by atoms with Crippen molar-refractivity contribution in [1.82, 2.24) is 0 Å². The molecule has 3 rings (SSSR count). The van der Waals surface area contributed by atoms with Gasteiger partial charge < -0.3 is 23.7 Å². The van der Waals surface area contributed by atoms with E-state index in [1.165, 1.54) is 0 Å². The average molecular weight is 398 g/mol. The van der Waals surface area contributed by atoms with Gasteiger partial charge in [0, 0.05) is 13.7 Å². The molecule has 6 atom stereocenters. The fraction of sp³-hybridized carbons (Fsp3) is 0.905. The van der Waals surface area contributed by atoms with Crippen LogP contribution >= 0.6 is 0 Å². The highest BCUT2D eigenvalue weighted by Crippen LogP contribution is 2.40. The Kier molecular flexibility index (Phi) is 7.34. The topological polar surface area (TPSA) is 83.6 Å². The number of hydrogen-bond donors (Lipinski definition) is 0. The minimum absolute atomic E-state index is 0.0766. The van der Waals surface area contributed by atoms with E-state index in [-0.39, 0.29) is 49.2 Å². The quantitative estimate of drug-likeness (QED) is 0.436. The first-order valence-electron chi connectivity index (χ1n) is 10.6. The van der Waals surface area contributed by atoms with Crippen molar-refractivity contribution >= 4 is 11.9 Å². The van der Waals surface area contributed by atoms with Gasteiger partial charge in [-0.1, -0.05) is 6.92 Å². The van der Waals surface area contributed by atoms with E-state index in [0.717, 1.165) is 19.3 Å². The summed E-state index contributed by atoms with van der Waals surface area (Å²) in [4.78, 5) is 25.0. The van der Waals surface area contributed by atoms with Gasteiger partial charge >= 0.3 is 11.9 Å². The summed E-state index contributed by atoms with van der Waals surface area (Å²) in [5, 5.41) is 0. The minimum Gasteiger partial charge on any atom is -0.465 e. The fourth-order valence-electron chi connectivity index (χ4n) is 4.25. The Bertz CT molecular complexity index is 527. The van der Waals surface area contributed by atoms with Crippen LogP contribution in [0.5, 0.6) is 0 Å². The van der Waals surface area contributed by atoms with Crippen molar-refractivity contribution in [1.29, 1.82) is 0 Å². The second-order valence-electron chi connectivity index (χ2n) is 8.63. The molecule has 7 nitrogen and oxygen atoms in total. The number of rotatable bonds is 9. The summed E-state index contributed by atoms with van der Waals surface area (Å²) >= 11 is 0. The molecule has 0 spiro atoms. The highest BCUT2D eigenvalue weighted by Gasteiger charge is 2.46. The molecule has 1 saturated carbocycles. The Labute approximate surface area is 167 Å². The Morgan fingerprint density at radius 3 is 2.21 bits per heavy atom. The van der Waals surface area contributed by atoms with Crippen LogP contribution in [-0.4, -0.2) is 63.8 Å². The predicted octanol–water partition coefficient (Wildman–Crippen LogP) is 2.50. The molecule has 0 amide bonds. The lowest BCUT2D eigenvalue weighted by molar-refractivity contribution is -0.165. The van der Waals surface area contributed by atoms with E-state index in [1.54, 1.807) is 7.11 Å². The highest BCUT2D eigenvalue weighted by molar-refractivity contribution is 5.73. The van der Waals surface area contributed by atoms with Gasteiger partial charge in [0.2, 0.25) is 0 Å². The summed E-state index contributed by atoms with van der Waals surface area (Å²) in [5.41, 5.74) is -0.524. The van der Waals surface area contributed by atoms with Crippen LogP contribution < -0.4 is 0 Å². The molecule has 0 N–H and O–H groups in total. The molecule has 2 aliphatic heterocycles. The molecule has 0 aromatic rings. The van der Waals surface area contributed by atoms with Crippen LogP contribution in [0.15, 0.2) is 0 Å². The summed E-state index contributed by atoms with van der Waals surface area (Å²) in [6.45, 7) is 5.31. The third-order valence-electron chi connectivity index (χ3n) is 6.40. The number of epoxide rings is 1.